The summed E-state index contributed by atoms with van der Waals surface area (Å²) in [6, 6.07) is 13.7. The standard InChI is InChI=1S/C19H22ClN3O2/c1-12(2)21-19(25)23-15-8-6-7-14(11-15)18(24)22-13(3)16-9-4-5-10-17(16)20/h4-13H,1-3H3,(H,22,24)(H2,21,23,25). The van der Waals surface area contributed by atoms with Crippen LogP contribution in [-0.4, -0.2) is 18.0 Å². The molecule has 2 aromatic carbocycles. The zero-order valence-electron chi connectivity index (χ0n) is 14.5. The number of anilines is 1. The molecule has 0 aliphatic heterocycles. The van der Waals surface area contributed by atoms with Crippen molar-refractivity contribution >= 4 is 29.2 Å². The molecule has 132 valence electrons. The molecule has 0 heterocycles. The molecule has 3 N–H and O–H groups in total. The number of amides is 3. The van der Waals surface area contributed by atoms with E-state index in [0.29, 0.717) is 16.3 Å². The van der Waals surface area contributed by atoms with Crippen LogP contribution in [0.2, 0.25) is 5.02 Å². The monoisotopic (exact) mass is 359 g/mol. The average Bonchev–Trinajstić information content (AvgIpc) is 2.54. The molecular formula is C19H22ClN3O2. The Morgan fingerprint density at radius 1 is 0.960 bits per heavy atom. The lowest BCUT2D eigenvalue weighted by Gasteiger charge is -2.16. The minimum absolute atomic E-state index is 0.0305. The molecule has 0 bridgehead atoms. The van der Waals surface area contributed by atoms with Gasteiger partial charge in [-0.2, -0.15) is 0 Å². The van der Waals surface area contributed by atoms with Gasteiger partial charge in [-0.15, -0.1) is 0 Å². The summed E-state index contributed by atoms with van der Waals surface area (Å²) in [6.07, 6.45) is 0. The topological polar surface area (TPSA) is 70.2 Å². The summed E-state index contributed by atoms with van der Waals surface area (Å²) < 4.78 is 0. The molecule has 5 nitrogen and oxygen atoms in total. The summed E-state index contributed by atoms with van der Waals surface area (Å²) in [5.74, 6) is -0.236. The van der Waals surface area contributed by atoms with Gasteiger partial charge in [-0.3, -0.25) is 4.79 Å². The lowest BCUT2D eigenvalue weighted by Crippen LogP contribution is -2.34. The molecule has 0 aromatic heterocycles. The van der Waals surface area contributed by atoms with E-state index in [1.165, 1.54) is 0 Å². The second-order valence-corrected chi connectivity index (χ2v) is 6.46. The highest BCUT2D eigenvalue weighted by molar-refractivity contribution is 6.31. The van der Waals surface area contributed by atoms with E-state index in [-0.39, 0.29) is 24.0 Å². The van der Waals surface area contributed by atoms with Crippen molar-refractivity contribution in [2.24, 2.45) is 0 Å². The number of hydrogen-bond donors (Lipinski definition) is 3. The number of carbonyl (C=O) groups excluding carboxylic acids is 2. The Kier molecular flexibility index (Phi) is 6.42. The number of nitrogens with one attached hydrogen (secondary N) is 3. The summed E-state index contributed by atoms with van der Waals surface area (Å²) >= 11 is 6.17. The van der Waals surface area contributed by atoms with Crippen molar-refractivity contribution in [1.82, 2.24) is 10.6 Å². The molecule has 1 atom stereocenters. The molecule has 0 saturated carbocycles. The largest absolute Gasteiger partial charge is 0.345 e. The molecule has 0 radical (unpaired) electrons. The smallest absolute Gasteiger partial charge is 0.319 e. The maximum atomic E-state index is 12.5. The minimum Gasteiger partial charge on any atom is -0.345 e. The molecule has 25 heavy (non-hydrogen) atoms. The zero-order valence-corrected chi connectivity index (χ0v) is 15.2. The van der Waals surface area contributed by atoms with Crippen molar-refractivity contribution in [3.05, 3.63) is 64.7 Å². The summed E-state index contributed by atoms with van der Waals surface area (Å²) in [5, 5.41) is 8.97. The van der Waals surface area contributed by atoms with Crippen LogP contribution < -0.4 is 16.0 Å². The molecule has 0 spiro atoms. The fourth-order valence-corrected chi connectivity index (χ4v) is 2.65. The summed E-state index contributed by atoms with van der Waals surface area (Å²) in [6.45, 7) is 5.62. The Hall–Kier alpha value is -2.53. The van der Waals surface area contributed by atoms with Crippen molar-refractivity contribution in [3.63, 3.8) is 0 Å². The fraction of sp³-hybridized carbons (Fsp3) is 0.263. The fourth-order valence-electron chi connectivity index (χ4n) is 2.35. The van der Waals surface area contributed by atoms with Crippen LogP contribution in [0.5, 0.6) is 0 Å². The van der Waals surface area contributed by atoms with Crippen LogP contribution in [-0.2, 0) is 0 Å². The normalized spacial score (nSPS) is 11.7. The number of hydrogen-bond acceptors (Lipinski definition) is 2. The third kappa shape index (κ3) is 5.50. The first-order valence-electron chi connectivity index (χ1n) is 8.09. The van der Waals surface area contributed by atoms with Gasteiger partial charge >= 0.3 is 6.03 Å². The van der Waals surface area contributed by atoms with Gasteiger partial charge in [0.05, 0.1) is 6.04 Å². The van der Waals surface area contributed by atoms with Crippen LogP contribution in [0.25, 0.3) is 0 Å². The van der Waals surface area contributed by atoms with Crippen molar-refractivity contribution in [3.8, 4) is 0 Å². The summed E-state index contributed by atoms with van der Waals surface area (Å²) in [5.41, 5.74) is 1.86. The lowest BCUT2D eigenvalue weighted by atomic mass is 10.1. The number of benzene rings is 2. The van der Waals surface area contributed by atoms with E-state index in [1.54, 1.807) is 30.3 Å². The van der Waals surface area contributed by atoms with Gasteiger partial charge in [0.25, 0.3) is 5.91 Å². The van der Waals surface area contributed by atoms with Crippen LogP contribution >= 0.6 is 11.6 Å². The molecule has 0 fully saturated rings. The molecule has 0 aliphatic carbocycles. The maximum Gasteiger partial charge on any atom is 0.319 e. The first-order chi connectivity index (χ1) is 11.9. The highest BCUT2D eigenvalue weighted by Gasteiger charge is 2.14. The van der Waals surface area contributed by atoms with Gasteiger partial charge in [-0.25, -0.2) is 4.79 Å². The number of carbonyl (C=O) groups is 2. The van der Waals surface area contributed by atoms with Gasteiger partial charge in [-0.05, 0) is 50.6 Å². The third-order valence-corrected chi connectivity index (χ3v) is 3.87. The Morgan fingerprint density at radius 2 is 1.68 bits per heavy atom. The van der Waals surface area contributed by atoms with Gasteiger partial charge in [0.15, 0.2) is 0 Å². The number of urea groups is 1. The van der Waals surface area contributed by atoms with Crippen LogP contribution in [0, 0.1) is 0 Å². The van der Waals surface area contributed by atoms with Crippen LogP contribution in [0.3, 0.4) is 0 Å². The Morgan fingerprint density at radius 3 is 2.36 bits per heavy atom. The molecule has 1 unspecified atom stereocenters. The first-order valence-corrected chi connectivity index (χ1v) is 8.47. The maximum absolute atomic E-state index is 12.5. The second-order valence-electron chi connectivity index (χ2n) is 6.05. The summed E-state index contributed by atoms with van der Waals surface area (Å²) in [4.78, 5) is 24.2. The van der Waals surface area contributed by atoms with Gasteiger partial charge in [0.1, 0.15) is 0 Å². The van der Waals surface area contributed by atoms with Crippen molar-refractivity contribution < 1.29 is 9.59 Å². The van der Waals surface area contributed by atoms with E-state index in [4.69, 9.17) is 11.6 Å². The predicted octanol–water partition coefficient (Wildman–Crippen LogP) is 4.36. The lowest BCUT2D eigenvalue weighted by molar-refractivity contribution is 0.0940. The molecular weight excluding hydrogens is 338 g/mol. The van der Waals surface area contributed by atoms with Crippen LogP contribution in [0.1, 0.15) is 42.7 Å². The van der Waals surface area contributed by atoms with Gasteiger partial charge in [0.2, 0.25) is 0 Å². The van der Waals surface area contributed by atoms with E-state index in [1.807, 2.05) is 39.0 Å². The molecule has 2 rings (SSSR count). The van der Waals surface area contributed by atoms with E-state index in [2.05, 4.69) is 16.0 Å². The molecule has 2 aromatic rings. The SMILES string of the molecule is CC(C)NC(=O)Nc1cccc(C(=O)NC(C)c2ccccc2Cl)c1. The number of halogens is 1. The van der Waals surface area contributed by atoms with Crippen LogP contribution in [0.4, 0.5) is 10.5 Å². The Bertz CT molecular complexity index is 762. The Labute approximate surface area is 152 Å². The van der Waals surface area contributed by atoms with Gasteiger partial charge in [-0.1, -0.05) is 35.9 Å². The van der Waals surface area contributed by atoms with E-state index >= 15 is 0 Å². The number of rotatable bonds is 5. The van der Waals surface area contributed by atoms with E-state index < -0.39 is 0 Å². The second kappa shape index (κ2) is 8.53. The summed E-state index contributed by atoms with van der Waals surface area (Å²) in [7, 11) is 0. The first kappa shape index (κ1) is 18.8. The third-order valence-electron chi connectivity index (χ3n) is 3.52. The van der Waals surface area contributed by atoms with E-state index in [9.17, 15) is 9.59 Å². The quantitative estimate of drug-likeness (QED) is 0.742. The molecule has 0 aliphatic rings. The highest BCUT2D eigenvalue weighted by atomic mass is 35.5. The van der Waals surface area contributed by atoms with Gasteiger partial charge in [0, 0.05) is 22.3 Å². The van der Waals surface area contributed by atoms with Crippen molar-refractivity contribution in [1.29, 1.82) is 0 Å². The molecule has 0 saturated heterocycles. The molecule has 3 amide bonds. The van der Waals surface area contributed by atoms with Crippen LogP contribution in [0.15, 0.2) is 48.5 Å². The van der Waals surface area contributed by atoms with E-state index in [0.717, 1.165) is 5.56 Å². The average molecular weight is 360 g/mol. The molecule has 6 heteroatoms. The van der Waals surface area contributed by atoms with Crippen molar-refractivity contribution in [2.75, 3.05) is 5.32 Å². The Balaban J connectivity index is 2.06. The zero-order chi connectivity index (χ0) is 18.4. The predicted molar refractivity (Wildman–Crippen MR) is 101 cm³/mol. The van der Waals surface area contributed by atoms with Gasteiger partial charge < -0.3 is 16.0 Å². The minimum atomic E-state index is -0.308. The highest BCUT2D eigenvalue weighted by Crippen LogP contribution is 2.22. The van der Waals surface area contributed by atoms with Crippen molar-refractivity contribution in [2.45, 2.75) is 32.9 Å².